The fourth-order valence-electron chi connectivity index (χ4n) is 4.24. The lowest BCUT2D eigenvalue weighted by Gasteiger charge is -2.19. The molecule has 0 unspecified atom stereocenters. The quantitative estimate of drug-likeness (QED) is 0.675. The van der Waals surface area contributed by atoms with Crippen LogP contribution in [0.5, 0.6) is 0 Å². The third-order valence-electron chi connectivity index (χ3n) is 5.71. The van der Waals surface area contributed by atoms with Crippen molar-refractivity contribution in [3.8, 4) is 0 Å². The Hall–Kier alpha value is -2.70. The van der Waals surface area contributed by atoms with Gasteiger partial charge in [-0.2, -0.15) is 0 Å². The molecule has 1 fully saturated rings. The topological polar surface area (TPSA) is 77.1 Å². The first-order valence-electron chi connectivity index (χ1n) is 9.97. The highest BCUT2D eigenvalue weighted by atomic mass is 16.5. The lowest BCUT2D eigenvalue weighted by Crippen LogP contribution is -2.29. The molecule has 4 heterocycles. The van der Waals surface area contributed by atoms with E-state index in [1.54, 1.807) is 6.20 Å². The van der Waals surface area contributed by atoms with Crippen molar-refractivity contribution in [3.63, 3.8) is 0 Å². The summed E-state index contributed by atoms with van der Waals surface area (Å²) in [6.45, 7) is 9.66. The third kappa shape index (κ3) is 3.30. The second kappa shape index (κ2) is 7.37. The van der Waals surface area contributed by atoms with E-state index in [2.05, 4.69) is 28.6 Å². The van der Waals surface area contributed by atoms with E-state index in [1.807, 2.05) is 31.0 Å². The van der Waals surface area contributed by atoms with Crippen LogP contribution in [-0.2, 0) is 11.2 Å². The van der Waals surface area contributed by atoms with Crippen molar-refractivity contribution in [2.75, 3.05) is 13.1 Å². The third-order valence-corrected chi connectivity index (χ3v) is 5.71. The van der Waals surface area contributed by atoms with E-state index < -0.39 is 0 Å². The average molecular weight is 381 g/mol. The monoisotopic (exact) mass is 381 g/mol. The summed E-state index contributed by atoms with van der Waals surface area (Å²) >= 11 is 0. The summed E-state index contributed by atoms with van der Waals surface area (Å²) in [5.41, 5.74) is 3.97. The van der Waals surface area contributed by atoms with E-state index >= 15 is 0 Å². The maximum Gasteiger partial charge on any atom is 0.222 e. The lowest BCUT2D eigenvalue weighted by molar-refractivity contribution is -0.130. The highest BCUT2D eigenvalue weighted by molar-refractivity contribution is 5.77. The summed E-state index contributed by atoms with van der Waals surface area (Å²) in [7, 11) is 0. The minimum atomic E-state index is 0.191. The molecule has 1 amide bonds. The second-order valence-electron chi connectivity index (χ2n) is 7.93. The molecule has 1 aliphatic heterocycles. The van der Waals surface area contributed by atoms with Crippen LogP contribution in [0.4, 0.5) is 0 Å². The molecule has 0 radical (unpaired) electrons. The van der Waals surface area contributed by atoms with Gasteiger partial charge in [-0.1, -0.05) is 5.16 Å². The Morgan fingerprint density at radius 1 is 1.36 bits per heavy atom. The minimum absolute atomic E-state index is 0.191. The Morgan fingerprint density at radius 2 is 2.18 bits per heavy atom. The molecular weight excluding hydrogens is 354 g/mol. The van der Waals surface area contributed by atoms with Crippen LogP contribution < -0.4 is 0 Å². The maximum atomic E-state index is 12.8. The van der Waals surface area contributed by atoms with Crippen molar-refractivity contribution >= 4 is 16.9 Å². The zero-order valence-electron chi connectivity index (χ0n) is 17.0. The van der Waals surface area contributed by atoms with Gasteiger partial charge >= 0.3 is 0 Å². The van der Waals surface area contributed by atoms with E-state index in [4.69, 9.17) is 9.51 Å². The van der Waals surface area contributed by atoms with Crippen molar-refractivity contribution in [3.05, 3.63) is 41.3 Å². The van der Waals surface area contributed by atoms with Crippen LogP contribution in [0.15, 0.2) is 23.0 Å². The fraction of sp³-hybridized carbons (Fsp3) is 0.524. The Bertz CT molecular complexity index is 984. The van der Waals surface area contributed by atoms with E-state index in [1.165, 1.54) is 0 Å². The number of carbonyl (C=O) groups excluding carboxylic acids is 1. The van der Waals surface area contributed by atoms with Crippen LogP contribution in [0.25, 0.3) is 11.0 Å². The molecule has 0 aromatic carbocycles. The summed E-state index contributed by atoms with van der Waals surface area (Å²) in [5, 5.41) is 3.97. The molecule has 3 aromatic heterocycles. The highest BCUT2D eigenvalue weighted by Gasteiger charge is 2.31. The number of nitrogens with zero attached hydrogens (tertiary/aromatic N) is 5. The van der Waals surface area contributed by atoms with Gasteiger partial charge in [0, 0.05) is 43.2 Å². The molecule has 1 atom stereocenters. The molecule has 1 aliphatic rings. The molecule has 7 nitrogen and oxygen atoms in total. The summed E-state index contributed by atoms with van der Waals surface area (Å²) in [6.07, 6.45) is 5.77. The zero-order valence-corrected chi connectivity index (χ0v) is 17.0. The van der Waals surface area contributed by atoms with Crippen LogP contribution in [0.3, 0.4) is 0 Å². The minimum Gasteiger partial charge on any atom is -0.361 e. The van der Waals surface area contributed by atoms with Crippen LogP contribution in [0.2, 0.25) is 0 Å². The summed E-state index contributed by atoms with van der Waals surface area (Å²) in [6, 6.07) is 2.26. The summed E-state index contributed by atoms with van der Waals surface area (Å²) < 4.78 is 7.47. The van der Waals surface area contributed by atoms with Crippen LogP contribution >= 0.6 is 0 Å². The van der Waals surface area contributed by atoms with Crippen molar-refractivity contribution < 1.29 is 9.32 Å². The molecule has 0 aliphatic carbocycles. The number of amides is 1. The molecule has 3 aromatic rings. The van der Waals surface area contributed by atoms with Gasteiger partial charge in [-0.3, -0.25) is 9.78 Å². The van der Waals surface area contributed by atoms with Gasteiger partial charge in [0.05, 0.1) is 22.9 Å². The second-order valence-corrected chi connectivity index (χ2v) is 7.93. The molecule has 0 saturated carbocycles. The number of carbonyl (C=O) groups is 1. The molecule has 28 heavy (non-hydrogen) atoms. The molecule has 0 N–H and O–H groups in total. The lowest BCUT2D eigenvalue weighted by atomic mass is 10.1. The van der Waals surface area contributed by atoms with Crippen molar-refractivity contribution in [1.29, 1.82) is 0 Å². The number of rotatable bonds is 5. The molecule has 7 heteroatoms. The predicted octanol–water partition coefficient (Wildman–Crippen LogP) is 3.57. The van der Waals surface area contributed by atoms with E-state index in [0.29, 0.717) is 18.9 Å². The zero-order chi connectivity index (χ0) is 19.8. The SMILES string of the molecule is Cc1noc(C)c1CCC(=O)N1CC[C@@H](c2nc3ccncc3n2C(C)C)C1. The van der Waals surface area contributed by atoms with E-state index in [-0.39, 0.29) is 11.8 Å². The Morgan fingerprint density at radius 3 is 2.89 bits per heavy atom. The van der Waals surface area contributed by atoms with E-state index in [0.717, 1.165) is 53.4 Å². The average Bonchev–Trinajstić information content (AvgIpc) is 3.37. The van der Waals surface area contributed by atoms with Crippen molar-refractivity contribution in [2.24, 2.45) is 0 Å². The van der Waals surface area contributed by atoms with Gasteiger partial charge in [0.2, 0.25) is 5.91 Å². The van der Waals surface area contributed by atoms with Crippen LogP contribution in [0, 0.1) is 13.8 Å². The number of hydrogen-bond acceptors (Lipinski definition) is 5. The van der Waals surface area contributed by atoms with E-state index in [9.17, 15) is 4.79 Å². The smallest absolute Gasteiger partial charge is 0.222 e. The van der Waals surface area contributed by atoms with Gasteiger partial charge in [-0.05, 0) is 46.6 Å². The van der Waals surface area contributed by atoms with Crippen LogP contribution in [0.1, 0.15) is 61.5 Å². The first-order valence-corrected chi connectivity index (χ1v) is 9.97. The molecule has 148 valence electrons. The normalized spacial score (nSPS) is 17.2. The van der Waals surface area contributed by atoms with Gasteiger partial charge in [-0.25, -0.2) is 4.98 Å². The van der Waals surface area contributed by atoms with Crippen molar-refractivity contribution in [1.82, 2.24) is 24.6 Å². The number of likely N-dealkylation sites (tertiary alicyclic amines) is 1. The molecule has 4 rings (SSSR count). The maximum absolute atomic E-state index is 12.8. The Kier molecular flexibility index (Phi) is 4.91. The standard InChI is InChI=1S/C21H27N5O2/c1-13(2)26-19-11-22-9-7-18(19)23-21(26)16-8-10-25(12-16)20(27)6-5-17-14(3)24-28-15(17)4/h7,9,11,13,16H,5-6,8,10,12H2,1-4H3/t16-/m1/s1. The number of aromatic nitrogens is 4. The largest absolute Gasteiger partial charge is 0.361 e. The van der Waals surface area contributed by atoms with Gasteiger partial charge < -0.3 is 14.0 Å². The van der Waals surface area contributed by atoms with Gasteiger partial charge in [0.1, 0.15) is 11.6 Å². The molecule has 0 bridgehead atoms. The highest BCUT2D eigenvalue weighted by Crippen LogP contribution is 2.32. The Balaban J connectivity index is 1.48. The summed E-state index contributed by atoms with van der Waals surface area (Å²) in [5.74, 6) is 2.33. The molecule has 1 saturated heterocycles. The number of pyridine rings is 1. The van der Waals surface area contributed by atoms with Gasteiger partial charge in [-0.15, -0.1) is 0 Å². The first-order chi connectivity index (χ1) is 13.5. The summed E-state index contributed by atoms with van der Waals surface area (Å²) in [4.78, 5) is 23.9. The first kappa shape index (κ1) is 18.7. The predicted molar refractivity (Wildman–Crippen MR) is 106 cm³/mol. The number of hydrogen-bond donors (Lipinski definition) is 0. The number of imidazole rings is 1. The molecule has 0 spiro atoms. The van der Waals surface area contributed by atoms with Crippen molar-refractivity contribution in [2.45, 2.75) is 58.9 Å². The van der Waals surface area contributed by atoms with Crippen LogP contribution in [-0.4, -0.2) is 43.6 Å². The number of fused-ring (bicyclic) bond motifs is 1. The van der Waals surface area contributed by atoms with Gasteiger partial charge in [0.25, 0.3) is 0 Å². The van der Waals surface area contributed by atoms with Gasteiger partial charge in [0.15, 0.2) is 0 Å². The number of aryl methyl sites for hydroxylation is 2. The fourth-order valence-corrected chi connectivity index (χ4v) is 4.24. The Labute approximate surface area is 164 Å². The molecular formula is C21H27N5O2.